The minimum absolute atomic E-state index is 0.0728. The van der Waals surface area contributed by atoms with Crippen LogP contribution in [-0.2, 0) is 11.2 Å². The molecule has 0 heterocycles. The molecule has 1 amide bonds. The van der Waals surface area contributed by atoms with Crippen molar-refractivity contribution in [2.75, 3.05) is 13.2 Å². The van der Waals surface area contributed by atoms with Crippen LogP contribution in [0.4, 0.5) is 0 Å². The Balaban J connectivity index is 2.40. The largest absolute Gasteiger partial charge is 0.394 e. The lowest BCUT2D eigenvalue weighted by molar-refractivity contribution is -0.121. The molecule has 88 valence electrons. The summed E-state index contributed by atoms with van der Waals surface area (Å²) in [7, 11) is 0. The first-order chi connectivity index (χ1) is 7.61. The van der Waals surface area contributed by atoms with Crippen LogP contribution in [0.25, 0.3) is 0 Å². The summed E-state index contributed by atoms with van der Waals surface area (Å²) in [4.78, 5) is 11.4. The van der Waals surface area contributed by atoms with E-state index < -0.39 is 6.10 Å². The van der Waals surface area contributed by atoms with E-state index in [2.05, 4.69) is 21.2 Å². The fourth-order valence-electron chi connectivity index (χ4n) is 1.19. The molecule has 1 unspecified atom stereocenters. The van der Waals surface area contributed by atoms with Crippen molar-refractivity contribution in [2.45, 2.75) is 12.5 Å². The Bertz CT molecular complexity index is 357. The van der Waals surface area contributed by atoms with Crippen molar-refractivity contribution in [3.63, 3.8) is 0 Å². The zero-order valence-corrected chi connectivity index (χ0v) is 10.3. The van der Waals surface area contributed by atoms with Crippen molar-refractivity contribution in [3.8, 4) is 0 Å². The predicted octanol–water partition coefficient (Wildman–Crippen LogP) is 0.461. The van der Waals surface area contributed by atoms with Crippen molar-refractivity contribution >= 4 is 21.8 Å². The van der Waals surface area contributed by atoms with E-state index in [4.69, 9.17) is 10.2 Å². The number of aliphatic hydroxyl groups excluding tert-OH is 2. The van der Waals surface area contributed by atoms with E-state index in [1.54, 1.807) is 0 Å². The molecule has 3 N–H and O–H groups in total. The lowest BCUT2D eigenvalue weighted by Crippen LogP contribution is -2.34. The maximum absolute atomic E-state index is 11.4. The quantitative estimate of drug-likeness (QED) is 0.737. The van der Waals surface area contributed by atoms with Crippen LogP contribution in [0.5, 0.6) is 0 Å². The fourth-order valence-corrected chi connectivity index (χ4v) is 1.64. The van der Waals surface area contributed by atoms with Gasteiger partial charge in [-0.05, 0) is 17.7 Å². The van der Waals surface area contributed by atoms with Crippen molar-refractivity contribution in [1.29, 1.82) is 0 Å². The molecule has 0 aliphatic rings. The average molecular weight is 288 g/mol. The van der Waals surface area contributed by atoms with E-state index in [-0.39, 0.29) is 25.5 Å². The first-order valence-corrected chi connectivity index (χ1v) is 5.71. The van der Waals surface area contributed by atoms with Gasteiger partial charge in [0.15, 0.2) is 0 Å². The number of hydrogen-bond donors (Lipinski definition) is 3. The summed E-state index contributed by atoms with van der Waals surface area (Å²) in [6.07, 6.45) is -0.635. The normalized spacial score (nSPS) is 12.2. The average Bonchev–Trinajstić information content (AvgIpc) is 2.26. The highest BCUT2D eigenvalue weighted by atomic mass is 79.9. The molecule has 1 atom stereocenters. The second-order valence-corrected chi connectivity index (χ2v) is 4.36. The first kappa shape index (κ1) is 13.2. The smallest absolute Gasteiger partial charge is 0.224 e. The van der Waals surface area contributed by atoms with Crippen LogP contribution in [0.3, 0.4) is 0 Å². The van der Waals surface area contributed by atoms with Crippen LogP contribution >= 0.6 is 15.9 Å². The molecule has 1 aromatic rings. The summed E-state index contributed by atoms with van der Waals surface area (Å²) in [5, 5.41) is 20.1. The van der Waals surface area contributed by atoms with Crippen LogP contribution in [0.1, 0.15) is 5.56 Å². The summed E-state index contributed by atoms with van der Waals surface area (Å²) >= 11 is 3.32. The number of hydrogen-bond acceptors (Lipinski definition) is 3. The van der Waals surface area contributed by atoms with E-state index in [0.29, 0.717) is 0 Å². The summed E-state index contributed by atoms with van der Waals surface area (Å²) in [5.41, 5.74) is 0.894. The first-order valence-electron chi connectivity index (χ1n) is 4.92. The summed E-state index contributed by atoms with van der Waals surface area (Å²) in [6.45, 7) is -0.277. The summed E-state index contributed by atoms with van der Waals surface area (Å²) in [6, 6.07) is 7.46. The number of benzene rings is 1. The topological polar surface area (TPSA) is 69.6 Å². The van der Waals surface area contributed by atoms with Gasteiger partial charge in [0.1, 0.15) is 0 Å². The number of amides is 1. The lowest BCUT2D eigenvalue weighted by Gasteiger charge is -2.09. The van der Waals surface area contributed by atoms with Gasteiger partial charge in [0, 0.05) is 11.0 Å². The van der Waals surface area contributed by atoms with Gasteiger partial charge in [0.25, 0.3) is 0 Å². The van der Waals surface area contributed by atoms with E-state index >= 15 is 0 Å². The minimum atomic E-state index is -0.897. The molecule has 1 aromatic carbocycles. The summed E-state index contributed by atoms with van der Waals surface area (Å²) in [5.74, 6) is -0.175. The Morgan fingerprint density at radius 3 is 2.88 bits per heavy atom. The molecule has 0 spiro atoms. The standard InChI is InChI=1S/C11H14BrNO3/c12-9-3-1-2-8(4-9)5-11(16)13-6-10(15)7-14/h1-4,10,14-15H,5-7H2,(H,13,16). The third kappa shape index (κ3) is 4.74. The van der Waals surface area contributed by atoms with Crippen LogP contribution in [-0.4, -0.2) is 35.4 Å². The highest BCUT2D eigenvalue weighted by Gasteiger charge is 2.06. The Morgan fingerprint density at radius 2 is 2.25 bits per heavy atom. The number of aliphatic hydroxyl groups is 2. The molecule has 0 bridgehead atoms. The van der Waals surface area contributed by atoms with E-state index in [1.165, 1.54) is 0 Å². The highest BCUT2D eigenvalue weighted by Crippen LogP contribution is 2.11. The molecular weight excluding hydrogens is 274 g/mol. The van der Waals surface area contributed by atoms with Gasteiger partial charge in [-0.15, -0.1) is 0 Å². The predicted molar refractivity (Wildman–Crippen MR) is 63.9 cm³/mol. The fraction of sp³-hybridized carbons (Fsp3) is 0.364. The third-order valence-corrected chi connectivity index (χ3v) is 2.49. The number of rotatable bonds is 5. The Kier molecular flexibility index (Phi) is 5.45. The molecule has 0 fully saturated rings. The Hall–Kier alpha value is -0.910. The van der Waals surface area contributed by atoms with E-state index in [0.717, 1.165) is 10.0 Å². The van der Waals surface area contributed by atoms with Crippen molar-refractivity contribution in [2.24, 2.45) is 0 Å². The SMILES string of the molecule is O=C(Cc1cccc(Br)c1)NCC(O)CO. The molecular formula is C11H14BrNO3. The molecule has 0 aromatic heterocycles. The van der Waals surface area contributed by atoms with Gasteiger partial charge in [-0.3, -0.25) is 4.79 Å². The number of nitrogens with one attached hydrogen (secondary N) is 1. The van der Waals surface area contributed by atoms with E-state index in [1.807, 2.05) is 24.3 Å². The number of halogens is 1. The number of carbonyl (C=O) groups excluding carboxylic acids is 1. The molecule has 5 heteroatoms. The third-order valence-electron chi connectivity index (χ3n) is 2.00. The van der Waals surface area contributed by atoms with Gasteiger partial charge >= 0.3 is 0 Å². The Labute approximate surface area is 102 Å². The molecule has 4 nitrogen and oxygen atoms in total. The number of carbonyl (C=O) groups is 1. The summed E-state index contributed by atoms with van der Waals surface area (Å²) < 4.78 is 0.924. The van der Waals surface area contributed by atoms with Crippen LogP contribution in [0.15, 0.2) is 28.7 Å². The van der Waals surface area contributed by atoms with Gasteiger partial charge in [0.2, 0.25) is 5.91 Å². The van der Waals surface area contributed by atoms with Crippen molar-refractivity contribution < 1.29 is 15.0 Å². The molecule has 0 aliphatic carbocycles. The van der Waals surface area contributed by atoms with Crippen LogP contribution in [0.2, 0.25) is 0 Å². The maximum atomic E-state index is 11.4. The Morgan fingerprint density at radius 1 is 1.50 bits per heavy atom. The van der Waals surface area contributed by atoms with Crippen molar-refractivity contribution in [1.82, 2.24) is 5.32 Å². The van der Waals surface area contributed by atoms with E-state index in [9.17, 15) is 4.79 Å². The molecule has 1 rings (SSSR count). The molecule has 0 saturated heterocycles. The second-order valence-electron chi connectivity index (χ2n) is 3.45. The van der Waals surface area contributed by atoms with Crippen LogP contribution < -0.4 is 5.32 Å². The minimum Gasteiger partial charge on any atom is -0.394 e. The zero-order chi connectivity index (χ0) is 12.0. The van der Waals surface area contributed by atoms with Gasteiger partial charge in [-0.1, -0.05) is 28.1 Å². The molecule has 0 saturated carbocycles. The van der Waals surface area contributed by atoms with Gasteiger partial charge in [-0.2, -0.15) is 0 Å². The van der Waals surface area contributed by atoms with Gasteiger partial charge in [0.05, 0.1) is 19.1 Å². The second kappa shape index (κ2) is 6.62. The van der Waals surface area contributed by atoms with Crippen molar-refractivity contribution in [3.05, 3.63) is 34.3 Å². The zero-order valence-electron chi connectivity index (χ0n) is 8.69. The maximum Gasteiger partial charge on any atom is 0.224 e. The monoisotopic (exact) mass is 287 g/mol. The lowest BCUT2D eigenvalue weighted by atomic mass is 10.1. The molecule has 0 radical (unpaired) electrons. The van der Waals surface area contributed by atoms with Gasteiger partial charge in [-0.25, -0.2) is 0 Å². The molecule has 0 aliphatic heterocycles. The van der Waals surface area contributed by atoms with Gasteiger partial charge < -0.3 is 15.5 Å². The molecule has 16 heavy (non-hydrogen) atoms. The van der Waals surface area contributed by atoms with Crippen LogP contribution in [0, 0.1) is 0 Å². The highest BCUT2D eigenvalue weighted by molar-refractivity contribution is 9.10.